The first-order valence-electron chi connectivity index (χ1n) is 8.61. The van der Waals surface area contributed by atoms with E-state index in [1.165, 1.54) is 12.1 Å². The molecule has 1 aliphatic rings. The predicted octanol–water partition coefficient (Wildman–Crippen LogP) is 4.09. The molecule has 136 valence electrons. The van der Waals surface area contributed by atoms with Crippen molar-refractivity contribution in [2.24, 2.45) is 0 Å². The zero-order valence-electron chi connectivity index (χ0n) is 15.5. The maximum absolute atomic E-state index is 13.4. The average Bonchev–Trinajstić information content (AvgIpc) is 2.79. The van der Waals surface area contributed by atoms with Gasteiger partial charge >= 0.3 is 6.03 Å². The number of carbonyl (C=O) groups is 2. The lowest BCUT2D eigenvalue weighted by Crippen LogP contribution is -2.40. The van der Waals surface area contributed by atoms with E-state index in [2.05, 4.69) is 26.1 Å². The van der Waals surface area contributed by atoms with Gasteiger partial charge in [-0.25, -0.2) is 9.18 Å². The Balaban J connectivity index is 1.87. The van der Waals surface area contributed by atoms with Crippen LogP contribution >= 0.6 is 0 Å². The van der Waals surface area contributed by atoms with Crippen molar-refractivity contribution in [2.75, 3.05) is 0 Å². The van der Waals surface area contributed by atoms with E-state index in [1.807, 2.05) is 24.3 Å². The fraction of sp³-hybridized carbons (Fsp3) is 0.333. The molecular formula is C21H23FN2O2. The highest BCUT2D eigenvalue weighted by Crippen LogP contribution is 2.31. The van der Waals surface area contributed by atoms with Crippen LogP contribution in [0.1, 0.15) is 44.4 Å². The summed E-state index contributed by atoms with van der Waals surface area (Å²) in [5, 5.41) is 2.78. The third-order valence-corrected chi connectivity index (χ3v) is 4.83. The lowest BCUT2D eigenvalue weighted by molar-refractivity contribution is -0.131. The second-order valence-electron chi connectivity index (χ2n) is 7.90. The number of nitrogens with zero attached hydrogens (tertiary/aromatic N) is 1. The van der Waals surface area contributed by atoms with Crippen molar-refractivity contribution in [3.63, 3.8) is 0 Å². The van der Waals surface area contributed by atoms with Gasteiger partial charge in [0.15, 0.2) is 0 Å². The summed E-state index contributed by atoms with van der Waals surface area (Å²) in [7, 11) is 0. The molecule has 1 N–H and O–H groups in total. The van der Waals surface area contributed by atoms with Crippen LogP contribution in [0.2, 0.25) is 0 Å². The van der Waals surface area contributed by atoms with Gasteiger partial charge in [0.2, 0.25) is 0 Å². The minimum atomic E-state index is -1.12. The van der Waals surface area contributed by atoms with Crippen molar-refractivity contribution in [3.05, 3.63) is 71.0 Å². The Bertz CT molecular complexity index is 855. The molecule has 1 saturated heterocycles. The van der Waals surface area contributed by atoms with Crippen LogP contribution in [0.15, 0.2) is 48.5 Å². The number of hydrogen-bond donors (Lipinski definition) is 1. The fourth-order valence-electron chi connectivity index (χ4n) is 3.16. The van der Waals surface area contributed by atoms with Gasteiger partial charge in [-0.05, 0) is 41.2 Å². The Morgan fingerprint density at radius 1 is 1.08 bits per heavy atom. The summed E-state index contributed by atoms with van der Waals surface area (Å²) < 4.78 is 13.4. The summed E-state index contributed by atoms with van der Waals surface area (Å²) >= 11 is 0. The molecule has 0 spiro atoms. The van der Waals surface area contributed by atoms with Crippen LogP contribution in [-0.4, -0.2) is 16.8 Å². The van der Waals surface area contributed by atoms with Gasteiger partial charge in [0.05, 0.1) is 6.54 Å². The Hall–Kier alpha value is -2.69. The SMILES string of the molecule is CC(C)(C)c1ccc(C2(C)NC(=O)N(Cc3cccc(F)c3)C2=O)cc1. The Labute approximate surface area is 153 Å². The number of benzene rings is 2. The molecule has 1 heterocycles. The van der Waals surface area contributed by atoms with Gasteiger partial charge in [-0.2, -0.15) is 0 Å². The molecule has 5 heteroatoms. The zero-order chi connectivity index (χ0) is 19.1. The highest BCUT2D eigenvalue weighted by Gasteiger charge is 2.48. The molecule has 1 fully saturated rings. The number of amides is 3. The van der Waals surface area contributed by atoms with Crippen LogP contribution in [0, 0.1) is 5.82 Å². The highest BCUT2D eigenvalue weighted by atomic mass is 19.1. The van der Waals surface area contributed by atoms with Crippen molar-refractivity contribution in [3.8, 4) is 0 Å². The van der Waals surface area contributed by atoms with E-state index in [9.17, 15) is 14.0 Å². The minimum absolute atomic E-state index is 0.00574. The van der Waals surface area contributed by atoms with Gasteiger partial charge in [0.1, 0.15) is 11.4 Å². The van der Waals surface area contributed by atoms with Gasteiger partial charge < -0.3 is 5.32 Å². The summed E-state index contributed by atoms with van der Waals surface area (Å²) in [6.07, 6.45) is 0. The molecule has 0 saturated carbocycles. The summed E-state index contributed by atoms with van der Waals surface area (Å²) in [4.78, 5) is 26.5. The number of hydrogen-bond acceptors (Lipinski definition) is 2. The second-order valence-corrected chi connectivity index (χ2v) is 7.90. The molecule has 26 heavy (non-hydrogen) atoms. The average molecular weight is 354 g/mol. The number of halogens is 1. The first-order valence-corrected chi connectivity index (χ1v) is 8.61. The van der Waals surface area contributed by atoms with Crippen molar-refractivity contribution in [2.45, 2.75) is 45.2 Å². The molecular weight excluding hydrogens is 331 g/mol. The standard InChI is InChI=1S/C21H23FN2O2/c1-20(2,3)15-8-10-16(11-9-15)21(4)18(25)24(19(26)23-21)13-14-6-5-7-17(22)12-14/h5-12H,13H2,1-4H3,(H,23,26). The third kappa shape index (κ3) is 3.21. The van der Waals surface area contributed by atoms with E-state index in [1.54, 1.807) is 19.1 Å². The number of carbonyl (C=O) groups excluding carboxylic acids is 2. The molecule has 0 bridgehead atoms. The van der Waals surface area contributed by atoms with Crippen LogP contribution in [0.4, 0.5) is 9.18 Å². The van der Waals surface area contributed by atoms with E-state index in [0.29, 0.717) is 5.56 Å². The molecule has 1 unspecified atom stereocenters. The largest absolute Gasteiger partial charge is 0.325 e. The lowest BCUT2D eigenvalue weighted by Gasteiger charge is -2.24. The molecule has 4 nitrogen and oxygen atoms in total. The van der Waals surface area contributed by atoms with Crippen molar-refractivity contribution >= 4 is 11.9 Å². The Morgan fingerprint density at radius 3 is 2.31 bits per heavy atom. The molecule has 1 aliphatic heterocycles. The Kier molecular flexibility index (Phi) is 4.34. The number of imide groups is 1. The summed E-state index contributed by atoms with van der Waals surface area (Å²) in [5.74, 6) is -0.731. The molecule has 2 aromatic carbocycles. The predicted molar refractivity (Wildman–Crippen MR) is 98.0 cm³/mol. The fourth-order valence-corrected chi connectivity index (χ4v) is 3.16. The van der Waals surface area contributed by atoms with E-state index >= 15 is 0 Å². The van der Waals surface area contributed by atoms with Crippen molar-refractivity contribution in [1.82, 2.24) is 10.2 Å². The molecule has 3 amide bonds. The third-order valence-electron chi connectivity index (χ3n) is 4.83. The van der Waals surface area contributed by atoms with Gasteiger partial charge in [-0.15, -0.1) is 0 Å². The zero-order valence-corrected chi connectivity index (χ0v) is 15.5. The van der Waals surface area contributed by atoms with E-state index in [0.717, 1.165) is 16.0 Å². The summed E-state index contributed by atoms with van der Waals surface area (Å²) in [6, 6.07) is 13.2. The first kappa shape index (κ1) is 18.1. The monoisotopic (exact) mass is 354 g/mol. The molecule has 3 rings (SSSR count). The first-order chi connectivity index (χ1) is 12.1. The summed E-state index contributed by atoms with van der Waals surface area (Å²) in [5.41, 5.74) is 1.33. The number of rotatable bonds is 3. The van der Waals surface area contributed by atoms with E-state index < -0.39 is 17.4 Å². The minimum Gasteiger partial charge on any atom is -0.319 e. The van der Waals surface area contributed by atoms with Crippen LogP contribution in [0.3, 0.4) is 0 Å². The van der Waals surface area contributed by atoms with Crippen LogP contribution in [0.5, 0.6) is 0 Å². The highest BCUT2D eigenvalue weighted by molar-refractivity contribution is 6.07. The lowest BCUT2D eigenvalue weighted by atomic mass is 9.84. The quantitative estimate of drug-likeness (QED) is 0.844. The number of urea groups is 1. The summed E-state index contributed by atoms with van der Waals surface area (Å²) in [6.45, 7) is 8.09. The van der Waals surface area contributed by atoms with E-state index in [-0.39, 0.29) is 17.9 Å². The van der Waals surface area contributed by atoms with E-state index in [4.69, 9.17) is 0 Å². The van der Waals surface area contributed by atoms with Gasteiger partial charge in [0.25, 0.3) is 5.91 Å². The van der Waals surface area contributed by atoms with Crippen molar-refractivity contribution in [1.29, 1.82) is 0 Å². The maximum atomic E-state index is 13.4. The van der Waals surface area contributed by atoms with Gasteiger partial charge in [0, 0.05) is 0 Å². The van der Waals surface area contributed by atoms with Gasteiger partial charge in [-0.1, -0.05) is 57.2 Å². The second kappa shape index (κ2) is 6.24. The molecule has 0 radical (unpaired) electrons. The molecule has 1 atom stereocenters. The normalized spacial score (nSPS) is 20.4. The van der Waals surface area contributed by atoms with Crippen LogP contribution in [-0.2, 0) is 22.3 Å². The molecule has 0 aromatic heterocycles. The Morgan fingerprint density at radius 2 is 1.73 bits per heavy atom. The van der Waals surface area contributed by atoms with Crippen LogP contribution in [0.25, 0.3) is 0 Å². The smallest absolute Gasteiger partial charge is 0.319 e. The number of nitrogens with one attached hydrogen (secondary N) is 1. The molecule has 2 aromatic rings. The van der Waals surface area contributed by atoms with Crippen LogP contribution < -0.4 is 5.32 Å². The van der Waals surface area contributed by atoms with Gasteiger partial charge in [-0.3, -0.25) is 9.69 Å². The van der Waals surface area contributed by atoms with Crippen molar-refractivity contribution < 1.29 is 14.0 Å². The maximum Gasteiger partial charge on any atom is 0.325 e. The molecule has 0 aliphatic carbocycles. The topological polar surface area (TPSA) is 49.4 Å².